The lowest BCUT2D eigenvalue weighted by Crippen LogP contribution is -2.30. The molecular weight excluding hydrogens is 246 g/mol. The predicted octanol–water partition coefficient (Wildman–Crippen LogP) is 3.24. The van der Waals surface area contributed by atoms with Gasteiger partial charge in [0, 0.05) is 20.7 Å². The SMILES string of the molecule is C=C(COCC[Si](C)(C)C)[C@H](CCSC)NC. The predicted molar refractivity (Wildman–Crippen MR) is 84.0 cm³/mol. The van der Waals surface area contributed by atoms with Gasteiger partial charge in [-0.25, -0.2) is 0 Å². The fourth-order valence-corrected chi connectivity index (χ4v) is 2.70. The van der Waals surface area contributed by atoms with E-state index in [2.05, 4.69) is 37.8 Å². The summed E-state index contributed by atoms with van der Waals surface area (Å²) in [6, 6.07) is 1.63. The van der Waals surface area contributed by atoms with Crippen molar-refractivity contribution in [3.63, 3.8) is 0 Å². The molecule has 4 heteroatoms. The number of likely N-dealkylation sites (N-methyl/N-ethyl adjacent to an activating group) is 1. The summed E-state index contributed by atoms with van der Waals surface area (Å²) in [5, 5.41) is 3.31. The summed E-state index contributed by atoms with van der Waals surface area (Å²) in [6.07, 6.45) is 3.27. The van der Waals surface area contributed by atoms with Gasteiger partial charge in [0.1, 0.15) is 0 Å². The molecule has 0 bridgehead atoms. The first-order valence-corrected chi connectivity index (χ1v) is 11.4. The average Bonchev–Trinajstić information content (AvgIpc) is 2.24. The minimum atomic E-state index is -0.959. The third kappa shape index (κ3) is 9.89. The van der Waals surface area contributed by atoms with E-state index in [4.69, 9.17) is 4.74 Å². The molecule has 1 atom stereocenters. The topological polar surface area (TPSA) is 21.3 Å². The number of thioether (sulfide) groups is 1. The van der Waals surface area contributed by atoms with Gasteiger partial charge < -0.3 is 10.1 Å². The molecule has 0 saturated heterocycles. The first-order chi connectivity index (χ1) is 7.90. The van der Waals surface area contributed by atoms with Crippen LogP contribution in [0, 0.1) is 0 Å². The van der Waals surface area contributed by atoms with Crippen LogP contribution in [-0.2, 0) is 4.74 Å². The Morgan fingerprint density at radius 1 is 1.41 bits per heavy atom. The summed E-state index contributed by atoms with van der Waals surface area (Å²) in [6.45, 7) is 12.8. The molecule has 0 saturated carbocycles. The molecular formula is C13H29NOSSi. The number of ether oxygens (including phenoxy) is 1. The van der Waals surface area contributed by atoms with Crippen LogP contribution in [0.4, 0.5) is 0 Å². The van der Waals surface area contributed by atoms with Crippen molar-refractivity contribution in [1.29, 1.82) is 0 Å². The van der Waals surface area contributed by atoms with Crippen molar-refractivity contribution in [1.82, 2.24) is 5.32 Å². The fraction of sp³-hybridized carbons (Fsp3) is 0.846. The molecule has 0 rings (SSSR count). The minimum absolute atomic E-state index is 0.398. The van der Waals surface area contributed by atoms with Crippen LogP contribution < -0.4 is 5.32 Å². The summed E-state index contributed by atoms with van der Waals surface area (Å²) in [7, 11) is 1.04. The molecule has 0 radical (unpaired) electrons. The second-order valence-electron chi connectivity index (χ2n) is 5.64. The van der Waals surface area contributed by atoms with Gasteiger partial charge >= 0.3 is 0 Å². The molecule has 0 aromatic heterocycles. The number of hydrogen-bond acceptors (Lipinski definition) is 3. The molecule has 0 unspecified atom stereocenters. The average molecular weight is 276 g/mol. The monoisotopic (exact) mass is 275 g/mol. The normalized spacial score (nSPS) is 13.7. The zero-order valence-electron chi connectivity index (χ0n) is 12.1. The Hall–Kier alpha value is 0.227. The van der Waals surface area contributed by atoms with Gasteiger partial charge in [0.2, 0.25) is 0 Å². The van der Waals surface area contributed by atoms with E-state index in [9.17, 15) is 0 Å². The van der Waals surface area contributed by atoms with Gasteiger partial charge in [0.25, 0.3) is 0 Å². The van der Waals surface area contributed by atoms with Gasteiger partial charge in [-0.1, -0.05) is 26.2 Å². The zero-order chi connectivity index (χ0) is 13.3. The molecule has 0 aromatic carbocycles. The third-order valence-electron chi connectivity index (χ3n) is 2.74. The first kappa shape index (κ1) is 17.2. The highest BCUT2D eigenvalue weighted by molar-refractivity contribution is 7.98. The van der Waals surface area contributed by atoms with Crippen LogP contribution in [0.2, 0.25) is 25.7 Å². The van der Waals surface area contributed by atoms with Crippen molar-refractivity contribution in [3.05, 3.63) is 12.2 Å². The molecule has 2 nitrogen and oxygen atoms in total. The van der Waals surface area contributed by atoms with Crippen LogP contribution >= 0.6 is 11.8 Å². The Morgan fingerprint density at radius 3 is 2.53 bits per heavy atom. The lowest BCUT2D eigenvalue weighted by atomic mass is 10.1. The van der Waals surface area contributed by atoms with Crippen LogP contribution in [-0.4, -0.2) is 46.4 Å². The van der Waals surface area contributed by atoms with Gasteiger partial charge in [-0.05, 0) is 37.1 Å². The molecule has 102 valence electrons. The Balaban J connectivity index is 3.75. The molecule has 0 aliphatic heterocycles. The lowest BCUT2D eigenvalue weighted by Gasteiger charge is -2.20. The fourth-order valence-electron chi connectivity index (χ4n) is 1.47. The van der Waals surface area contributed by atoms with E-state index in [0.29, 0.717) is 12.6 Å². The standard InChI is InChI=1S/C13H29NOSSi/c1-12(13(14-2)7-9-16-3)11-15-8-10-17(4,5)6/h13-14H,1,7-11H2,2-6H3/t13-/m0/s1. The smallest absolute Gasteiger partial charge is 0.0689 e. The van der Waals surface area contributed by atoms with E-state index in [1.165, 1.54) is 17.4 Å². The molecule has 0 aliphatic carbocycles. The molecule has 0 amide bonds. The van der Waals surface area contributed by atoms with Gasteiger partial charge in [0.05, 0.1) is 6.61 Å². The number of hydrogen-bond donors (Lipinski definition) is 1. The van der Waals surface area contributed by atoms with E-state index in [0.717, 1.165) is 13.0 Å². The summed E-state index contributed by atoms with van der Waals surface area (Å²) >= 11 is 1.88. The Bertz CT molecular complexity index is 216. The Labute approximate surface area is 113 Å². The summed E-state index contributed by atoms with van der Waals surface area (Å²) in [4.78, 5) is 0. The van der Waals surface area contributed by atoms with Crippen molar-refractivity contribution >= 4 is 19.8 Å². The van der Waals surface area contributed by atoms with Crippen molar-refractivity contribution in [3.8, 4) is 0 Å². The van der Waals surface area contributed by atoms with E-state index in [-0.39, 0.29) is 0 Å². The van der Waals surface area contributed by atoms with Crippen molar-refractivity contribution < 1.29 is 4.74 Å². The third-order valence-corrected chi connectivity index (χ3v) is 5.08. The second-order valence-corrected chi connectivity index (χ2v) is 12.3. The largest absolute Gasteiger partial charge is 0.377 e. The summed E-state index contributed by atoms with van der Waals surface area (Å²) in [5.41, 5.74) is 1.18. The summed E-state index contributed by atoms with van der Waals surface area (Å²) in [5.74, 6) is 1.17. The highest BCUT2D eigenvalue weighted by Gasteiger charge is 2.13. The van der Waals surface area contributed by atoms with Crippen molar-refractivity contribution in [2.75, 3.05) is 32.3 Å². The van der Waals surface area contributed by atoms with Crippen LogP contribution in [0.25, 0.3) is 0 Å². The number of rotatable bonds is 10. The van der Waals surface area contributed by atoms with Gasteiger partial charge in [-0.2, -0.15) is 11.8 Å². The molecule has 0 fully saturated rings. The lowest BCUT2D eigenvalue weighted by molar-refractivity contribution is 0.165. The maximum Gasteiger partial charge on any atom is 0.0689 e. The van der Waals surface area contributed by atoms with E-state index < -0.39 is 8.07 Å². The van der Waals surface area contributed by atoms with Gasteiger partial charge in [0.15, 0.2) is 0 Å². The highest BCUT2D eigenvalue weighted by Crippen LogP contribution is 2.11. The van der Waals surface area contributed by atoms with Crippen LogP contribution in [0.1, 0.15) is 6.42 Å². The maximum atomic E-state index is 5.72. The first-order valence-electron chi connectivity index (χ1n) is 6.32. The minimum Gasteiger partial charge on any atom is -0.377 e. The summed E-state index contributed by atoms with van der Waals surface area (Å²) < 4.78 is 5.72. The Morgan fingerprint density at radius 2 is 2.06 bits per heavy atom. The molecule has 0 aromatic rings. The van der Waals surface area contributed by atoms with Crippen LogP contribution in [0.5, 0.6) is 0 Å². The van der Waals surface area contributed by atoms with Gasteiger partial charge in [-0.15, -0.1) is 0 Å². The highest BCUT2D eigenvalue weighted by atomic mass is 32.2. The van der Waals surface area contributed by atoms with Crippen molar-refractivity contribution in [2.24, 2.45) is 0 Å². The van der Waals surface area contributed by atoms with Gasteiger partial charge in [-0.3, -0.25) is 0 Å². The molecule has 0 aliphatic rings. The molecule has 17 heavy (non-hydrogen) atoms. The molecule has 1 N–H and O–H groups in total. The Kier molecular flexibility index (Phi) is 9.32. The van der Waals surface area contributed by atoms with Crippen LogP contribution in [0.15, 0.2) is 12.2 Å². The molecule has 0 spiro atoms. The zero-order valence-corrected chi connectivity index (χ0v) is 14.0. The second kappa shape index (κ2) is 9.20. The maximum absolute atomic E-state index is 5.72. The quantitative estimate of drug-likeness (QED) is 0.376. The van der Waals surface area contributed by atoms with E-state index in [1.54, 1.807) is 0 Å². The number of nitrogens with one attached hydrogen (secondary N) is 1. The van der Waals surface area contributed by atoms with E-state index >= 15 is 0 Å². The van der Waals surface area contributed by atoms with Crippen LogP contribution in [0.3, 0.4) is 0 Å². The van der Waals surface area contributed by atoms with Crippen molar-refractivity contribution in [2.45, 2.75) is 38.1 Å². The van der Waals surface area contributed by atoms with E-state index in [1.807, 2.05) is 18.8 Å². The molecule has 0 heterocycles.